The van der Waals surface area contributed by atoms with Crippen LogP contribution in [-0.2, 0) is 35.5 Å². The number of amides is 2. The Morgan fingerprint density at radius 1 is 1.10 bits per heavy atom. The Balaban J connectivity index is 1.43. The predicted molar refractivity (Wildman–Crippen MR) is 160 cm³/mol. The number of thioether (sulfide) groups is 1. The number of methoxy groups -OCH3 is 1. The van der Waals surface area contributed by atoms with Crippen LogP contribution in [0.25, 0.3) is 0 Å². The number of carbonyl (C=O) groups is 3. The number of nitrogens with zero attached hydrogens (tertiary/aromatic N) is 3. The smallest absolute Gasteiger partial charge is 0.341 e. The average molecular weight is 600 g/mol. The molecule has 0 fully saturated rings. The molecule has 2 aromatic heterocycles. The van der Waals surface area contributed by atoms with Crippen molar-refractivity contribution in [3.05, 3.63) is 51.7 Å². The zero-order valence-corrected chi connectivity index (χ0v) is 25.4. The third kappa shape index (κ3) is 7.68. The van der Waals surface area contributed by atoms with Gasteiger partial charge in [0.2, 0.25) is 5.91 Å². The number of thiophene rings is 1. The van der Waals surface area contributed by atoms with Gasteiger partial charge in [-0.25, -0.2) is 4.79 Å². The van der Waals surface area contributed by atoms with Gasteiger partial charge in [0.15, 0.2) is 11.0 Å². The van der Waals surface area contributed by atoms with Gasteiger partial charge in [0.1, 0.15) is 10.8 Å². The van der Waals surface area contributed by atoms with Crippen LogP contribution in [-0.4, -0.2) is 52.0 Å². The van der Waals surface area contributed by atoms with E-state index in [-0.39, 0.29) is 36.7 Å². The van der Waals surface area contributed by atoms with Crippen LogP contribution in [0.15, 0.2) is 29.4 Å². The highest BCUT2D eigenvalue weighted by atomic mass is 32.2. The quantitative estimate of drug-likeness (QED) is 0.155. The molecule has 2 heterocycles. The number of hydrogen-bond acceptors (Lipinski definition) is 9. The van der Waals surface area contributed by atoms with E-state index in [0.29, 0.717) is 39.4 Å². The van der Waals surface area contributed by atoms with Gasteiger partial charge >= 0.3 is 5.97 Å². The average Bonchev–Trinajstić information content (AvgIpc) is 3.44. The first-order valence-electron chi connectivity index (χ1n) is 14.0. The summed E-state index contributed by atoms with van der Waals surface area (Å²) in [5, 5.41) is 15.7. The van der Waals surface area contributed by atoms with Crippen molar-refractivity contribution < 1.29 is 23.9 Å². The van der Waals surface area contributed by atoms with Crippen LogP contribution in [0.2, 0.25) is 0 Å². The summed E-state index contributed by atoms with van der Waals surface area (Å²) >= 11 is 2.76. The zero-order valence-electron chi connectivity index (χ0n) is 23.8. The molecule has 0 saturated carbocycles. The second kappa shape index (κ2) is 15.0. The Hall–Kier alpha value is -3.38. The number of aryl methyl sites for hydroxylation is 1. The van der Waals surface area contributed by atoms with Crippen molar-refractivity contribution in [2.45, 2.75) is 77.0 Å². The molecule has 3 aromatic rings. The van der Waals surface area contributed by atoms with Crippen LogP contribution in [0.4, 0.5) is 5.00 Å². The van der Waals surface area contributed by atoms with Crippen LogP contribution in [0.5, 0.6) is 5.75 Å². The summed E-state index contributed by atoms with van der Waals surface area (Å²) < 4.78 is 12.6. The topological polar surface area (TPSA) is 124 Å². The van der Waals surface area contributed by atoms with E-state index in [1.54, 1.807) is 25.1 Å². The summed E-state index contributed by atoms with van der Waals surface area (Å²) in [6.45, 7) is 5.01. The SMILES string of the molecule is CCCCn1c(CNC(=O)c2ccccc2OC)nnc1SCC(=O)Nc1sc2c(c1C(=O)OCC)CCCCC2. The summed E-state index contributed by atoms with van der Waals surface area (Å²) in [5.41, 5.74) is 1.97. The van der Waals surface area contributed by atoms with E-state index < -0.39 is 0 Å². The molecule has 1 aromatic carbocycles. The van der Waals surface area contributed by atoms with Gasteiger partial charge in [-0.2, -0.15) is 0 Å². The van der Waals surface area contributed by atoms with Crippen molar-refractivity contribution in [1.29, 1.82) is 0 Å². The number of anilines is 1. The molecule has 12 heteroatoms. The number of rotatable bonds is 13. The minimum atomic E-state index is -0.381. The van der Waals surface area contributed by atoms with Gasteiger partial charge in [0, 0.05) is 11.4 Å². The standard InChI is InChI=1S/C29H37N5O5S2/c1-4-6-16-34-23(17-30-26(36)19-12-10-11-14-21(19)38-3)32-33-29(34)40-18-24(35)31-27-25(28(37)39-5-2)20-13-8-7-9-15-22(20)41-27/h10-12,14H,4-9,13,15-18H2,1-3H3,(H,30,36)(H,31,35). The monoisotopic (exact) mass is 599 g/mol. The maximum Gasteiger partial charge on any atom is 0.341 e. The number of fused-ring (bicyclic) bond motifs is 1. The third-order valence-corrected chi connectivity index (χ3v) is 8.95. The molecular formula is C29H37N5O5S2. The van der Waals surface area contributed by atoms with E-state index in [9.17, 15) is 14.4 Å². The van der Waals surface area contributed by atoms with Crippen LogP contribution in [0.3, 0.4) is 0 Å². The molecule has 0 radical (unpaired) electrons. The van der Waals surface area contributed by atoms with Gasteiger partial charge in [0.05, 0.1) is 37.1 Å². The van der Waals surface area contributed by atoms with E-state index in [2.05, 4.69) is 27.8 Å². The predicted octanol–water partition coefficient (Wildman–Crippen LogP) is 5.25. The second-order valence-corrected chi connectivity index (χ2v) is 11.7. The molecule has 4 rings (SSSR count). The summed E-state index contributed by atoms with van der Waals surface area (Å²) in [5.74, 6) is 0.321. The minimum absolute atomic E-state index is 0.0999. The molecule has 1 aliphatic rings. The number of unbranched alkanes of at least 4 members (excludes halogenated alkanes) is 1. The first-order chi connectivity index (χ1) is 20.0. The van der Waals surface area contributed by atoms with Crippen molar-refractivity contribution in [2.75, 3.05) is 24.8 Å². The third-order valence-electron chi connectivity index (χ3n) is 6.77. The molecule has 0 saturated heterocycles. The normalized spacial score (nSPS) is 12.8. The summed E-state index contributed by atoms with van der Waals surface area (Å²) in [4.78, 5) is 39.8. The van der Waals surface area contributed by atoms with Crippen molar-refractivity contribution in [1.82, 2.24) is 20.1 Å². The highest BCUT2D eigenvalue weighted by molar-refractivity contribution is 7.99. The summed E-state index contributed by atoms with van der Waals surface area (Å²) in [6.07, 6.45) is 6.83. The van der Waals surface area contributed by atoms with E-state index >= 15 is 0 Å². The summed E-state index contributed by atoms with van der Waals surface area (Å²) in [7, 11) is 1.53. The molecular weight excluding hydrogens is 562 g/mol. The number of hydrogen-bond donors (Lipinski definition) is 2. The fourth-order valence-corrected chi connectivity index (χ4v) is 6.80. The number of benzene rings is 1. The Morgan fingerprint density at radius 3 is 2.68 bits per heavy atom. The lowest BCUT2D eigenvalue weighted by atomic mass is 10.1. The number of esters is 1. The molecule has 2 amide bonds. The number of ether oxygens (including phenoxy) is 2. The lowest BCUT2D eigenvalue weighted by Crippen LogP contribution is -2.25. The van der Waals surface area contributed by atoms with E-state index in [1.165, 1.54) is 30.2 Å². The van der Waals surface area contributed by atoms with E-state index in [0.717, 1.165) is 55.4 Å². The van der Waals surface area contributed by atoms with E-state index in [1.807, 2.05) is 10.6 Å². The lowest BCUT2D eigenvalue weighted by molar-refractivity contribution is -0.113. The molecule has 1 aliphatic carbocycles. The van der Waals surface area contributed by atoms with Crippen molar-refractivity contribution in [2.24, 2.45) is 0 Å². The molecule has 0 spiro atoms. The zero-order chi connectivity index (χ0) is 29.2. The van der Waals surface area contributed by atoms with Crippen molar-refractivity contribution >= 4 is 45.9 Å². The number of aromatic nitrogens is 3. The van der Waals surface area contributed by atoms with Crippen LogP contribution >= 0.6 is 23.1 Å². The van der Waals surface area contributed by atoms with E-state index in [4.69, 9.17) is 9.47 Å². The molecule has 10 nitrogen and oxygen atoms in total. The molecule has 0 aliphatic heterocycles. The van der Waals surface area contributed by atoms with Crippen LogP contribution in [0, 0.1) is 0 Å². The molecule has 0 atom stereocenters. The maximum absolute atomic E-state index is 13.1. The number of para-hydroxylation sites is 1. The van der Waals surface area contributed by atoms with Gasteiger partial charge in [0.25, 0.3) is 5.91 Å². The molecule has 0 unspecified atom stereocenters. The Bertz CT molecular complexity index is 1370. The second-order valence-electron chi connectivity index (χ2n) is 9.61. The van der Waals surface area contributed by atoms with Crippen LogP contribution < -0.4 is 15.4 Å². The molecule has 220 valence electrons. The van der Waals surface area contributed by atoms with Gasteiger partial charge in [-0.3, -0.25) is 9.59 Å². The number of carbonyl (C=O) groups excluding carboxylic acids is 3. The van der Waals surface area contributed by atoms with Gasteiger partial charge < -0.3 is 24.7 Å². The van der Waals surface area contributed by atoms with Gasteiger partial charge in [-0.05, 0) is 56.7 Å². The maximum atomic E-state index is 13.1. The summed E-state index contributed by atoms with van der Waals surface area (Å²) in [6, 6.07) is 7.03. The first kappa shape index (κ1) is 30.6. The highest BCUT2D eigenvalue weighted by Crippen LogP contribution is 2.38. The molecule has 0 bridgehead atoms. The van der Waals surface area contributed by atoms with Crippen molar-refractivity contribution in [3.63, 3.8) is 0 Å². The fourth-order valence-electron chi connectivity index (χ4n) is 4.73. The van der Waals surface area contributed by atoms with Gasteiger partial charge in [-0.15, -0.1) is 21.5 Å². The number of nitrogens with one attached hydrogen (secondary N) is 2. The highest BCUT2D eigenvalue weighted by Gasteiger charge is 2.27. The minimum Gasteiger partial charge on any atom is -0.496 e. The van der Waals surface area contributed by atoms with Gasteiger partial charge in [-0.1, -0.05) is 43.7 Å². The van der Waals surface area contributed by atoms with Crippen LogP contribution in [0.1, 0.15) is 82.9 Å². The Morgan fingerprint density at radius 2 is 1.90 bits per heavy atom. The van der Waals surface area contributed by atoms with Crippen molar-refractivity contribution in [3.8, 4) is 5.75 Å². The first-order valence-corrected chi connectivity index (χ1v) is 15.8. The molecule has 2 N–H and O–H groups in total. The lowest BCUT2D eigenvalue weighted by Gasteiger charge is -2.12. The fraction of sp³-hybridized carbons (Fsp3) is 0.483. The Kier molecular flexibility index (Phi) is 11.2. The Labute approximate surface area is 248 Å². The molecule has 41 heavy (non-hydrogen) atoms. The largest absolute Gasteiger partial charge is 0.496 e.